The molecular formula is C13H28O2S. The van der Waals surface area contributed by atoms with E-state index in [-0.39, 0.29) is 6.10 Å². The average Bonchev–Trinajstić information content (AvgIpc) is 2.32. The zero-order valence-corrected chi connectivity index (χ0v) is 12.1. The summed E-state index contributed by atoms with van der Waals surface area (Å²) in [6, 6.07) is 0. The fourth-order valence-electron chi connectivity index (χ4n) is 1.63. The van der Waals surface area contributed by atoms with E-state index in [2.05, 4.69) is 13.8 Å². The van der Waals surface area contributed by atoms with Gasteiger partial charge in [0.15, 0.2) is 0 Å². The standard InChI is InChI=1S/C13H28O2S/c1-5-7-8-12(6-2)10-16-11-13(15-4)9-14-3/h12-13H,5-11H2,1-4H3. The van der Waals surface area contributed by atoms with Gasteiger partial charge in [-0.2, -0.15) is 11.8 Å². The van der Waals surface area contributed by atoms with E-state index in [9.17, 15) is 0 Å². The molecule has 0 saturated heterocycles. The maximum absolute atomic E-state index is 5.34. The summed E-state index contributed by atoms with van der Waals surface area (Å²) in [6.07, 6.45) is 5.60. The third-order valence-corrected chi connectivity index (χ3v) is 4.20. The van der Waals surface area contributed by atoms with Crippen LogP contribution in [0.4, 0.5) is 0 Å². The highest BCUT2D eigenvalue weighted by atomic mass is 32.2. The maximum Gasteiger partial charge on any atom is 0.0894 e. The van der Waals surface area contributed by atoms with Crippen molar-refractivity contribution >= 4 is 11.8 Å². The van der Waals surface area contributed by atoms with Crippen LogP contribution in [0.15, 0.2) is 0 Å². The van der Waals surface area contributed by atoms with Crippen LogP contribution in [-0.2, 0) is 9.47 Å². The molecule has 98 valence electrons. The Morgan fingerprint density at radius 2 is 1.88 bits per heavy atom. The van der Waals surface area contributed by atoms with Crippen molar-refractivity contribution in [2.75, 3.05) is 32.3 Å². The molecule has 0 amide bonds. The van der Waals surface area contributed by atoms with Crippen LogP contribution in [0.2, 0.25) is 0 Å². The molecule has 0 aliphatic rings. The van der Waals surface area contributed by atoms with E-state index in [4.69, 9.17) is 9.47 Å². The second kappa shape index (κ2) is 11.7. The van der Waals surface area contributed by atoms with Gasteiger partial charge in [0.2, 0.25) is 0 Å². The number of rotatable bonds is 11. The fourth-order valence-corrected chi connectivity index (χ4v) is 3.00. The van der Waals surface area contributed by atoms with E-state index >= 15 is 0 Å². The van der Waals surface area contributed by atoms with Gasteiger partial charge >= 0.3 is 0 Å². The summed E-state index contributed by atoms with van der Waals surface area (Å²) in [4.78, 5) is 0. The molecule has 0 fully saturated rings. The number of hydrogen-bond acceptors (Lipinski definition) is 3. The van der Waals surface area contributed by atoms with Crippen molar-refractivity contribution in [3.05, 3.63) is 0 Å². The van der Waals surface area contributed by atoms with Crippen molar-refractivity contribution in [3.63, 3.8) is 0 Å². The molecule has 0 N–H and O–H groups in total. The predicted molar refractivity (Wildman–Crippen MR) is 73.3 cm³/mol. The first-order chi connectivity index (χ1) is 7.78. The average molecular weight is 248 g/mol. The largest absolute Gasteiger partial charge is 0.382 e. The Labute approximate surface area is 105 Å². The molecule has 0 aromatic rings. The smallest absolute Gasteiger partial charge is 0.0894 e. The van der Waals surface area contributed by atoms with Crippen LogP contribution in [-0.4, -0.2) is 38.4 Å². The summed E-state index contributed by atoms with van der Waals surface area (Å²) in [7, 11) is 3.49. The summed E-state index contributed by atoms with van der Waals surface area (Å²) in [5, 5.41) is 0. The summed E-state index contributed by atoms with van der Waals surface area (Å²) in [5.74, 6) is 3.19. The third-order valence-electron chi connectivity index (χ3n) is 2.89. The quantitative estimate of drug-likeness (QED) is 0.556. The van der Waals surface area contributed by atoms with E-state index in [0.717, 1.165) is 11.7 Å². The number of ether oxygens (including phenoxy) is 2. The van der Waals surface area contributed by atoms with Crippen molar-refractivity contribution in [2.24, 2.45) is 5.92 Å². The van der Waals surface area contributed by atoms with Gasteiger partial charge in [-0.3, -0.25) is 0 Å². The Morgan fingerprint density at radius 3 is 2.38 bits per heavy atom. The molecule has 0 spiro atoms. The molecule has 0 bridgehead atoms. The molecule has 2 unspecified atom stereocenters. The molecule has 0 saturated carbocycles. The van der Waals surface area contributed by atoms with E-state index in [1.807, 2.05) is 11.8 Å². The minimum absolute atomic E-state index is 0.249. The molecule has 16 heavy (non-hydrogen) atoms. The lowest BCUT2D eigenvalue weighted by Crippen LogP contribution is -2.20. The molecule has 0 heterocycles. The highest BCUT2D eigenvalue weighted by molar-refractivity contribution is 7.99. The molecule has 0 aliphatic carbocycles. The van der Waals surface area contributed by atoms with Crippen molar-refractivity contribution in [1.29, 1.82) is 0 Å². The Morgan fingerprint density at radius 1 is 1.12 bits per heavy atom. The Bertz CT molecular complexity index is 142. The van der Waals surface area contributed by atoms with Gasteiger partial charge in [-0.1, -0.05) is 33.1 Å². The summed E-state index contributed by atoms with van der Waals surface area (Å²) < 4.78 is 10.4. The van der Waals surface area contributed by atoms with Crippen LogP contribution in [0.1, 0.15) is 39.5 Å². The van der Waals surface area contributed by atoms with E-state index in [1.165, 1.54) is 31.4 Å². The normalized spacial score (nSPS) is 15.0. The highest BCUT2D eigenvalue weighted by Crippen LogP contribution is 2.19. The molecule has 0 radical (unpaired) electrons. The zero-order valence-electron chi connectivity index (χ0n) is 11.3. The molecular weight excluding hydrogens is 220 g/mol. The first-order valence-corrected chi connectivity index (χ1v) is 7.53. The van der Waals surface area contributed by atoms with Gasteiger partial charge in [0, 0.05) is 20.0 Å². The fraction of sp³-hybridized carbons (Fsp3) is 1.00. The number of thioether (sulfide) groups is 1. The van der Waals surface area contributed by atoms with Crippen LogP contribution < -0.4 is 0 Å². The lowest BCUT2D eigenvalue weighted by atomic mass is 10.0. The molecule has 0 rings (SSSR count). The minimum Gasteiger partial charge on any atom is -0.382 e. The van der Waals surface area contributed by atoms with Gasteiger partial charge in [0.1, 0.15) is 0 Å². The van der Waals surface area contributed by atoms with E-state index in [1.54, 1.807) is 14.2 Å². The topological polar surface area (TPSA) is 18.5 Å². The van der Waals surface area contributed by atoms with Crippen LogP contribution in [0.3, 0.4) is 0 Å². The Balaban J connectivity index is 3.58. The number of unbranched alkanes of at least 4 members (excludes halogenated alkanes) is 1. The molecule has 0 aromatic heterocycles. The van der Waals surface area contributed by atoms with Crippen LogP contribution in [0.25, 0.3) is 0 Å². The number of hydrogen-bond donors (Lipinski definition) is 0. The summed E-state index contributed by atoms with van der Waals surface area (Å²) in [6.45, 7) is 5.26. The SMILES string of the molecule is CCCCC(CC)CSCC(COC)OC. The summed E-state index contributed by atoms with van der Waals surface area (Å²) in [5.41, 5.74) is 0. The van der Waals surface area contributed by atoms with Gasteiger partial charge in [-0.15, -0.1) is 0 Å². The van der Waals surface area contributed by atoms with E-state index < -0.39 is 0 Å². The van der Waals surface area contributed by atoms with E-state index in [0.29, 0.717) is 6.61 Å². The second-order valence-corrected chi connectivity index (χ2v) is 5.34. The molecule has 2 atom stereocenters. The van der Waals surface area contributed by atoms with Gasteiger partial charge in [0.25, 0.3) is 0 Å². The predicted octanol–water partition coefficient (Wildman–Crippen LogP) is 3.60. The second-order valence-electron chi connectivity index (χ2n) is 4.27. The van der Waals surface area contributed by atoms with Gasteiger partial charge in [0.05, 0.1) is 12.7 Å². The van der Waals surface area contributed by atoms with Crippen LogP contribution >= 0.6 is 11.8 Å². The monoisotopic (exact) mass is 248 g/mol. The minimum atomic E-state index is 0.249. The van der Waals surface area contributed by atoms with Gasteiger partial charge in [-0.05, 0) is 18.1 Å². The van der Waals surface area contributed by atoms with Gasteiger partial charge in [-0.25, -0.2) is 0 Å². The highest BCUT2D eigenvalue weighted by Gasteiger charge is 2.10. The lowest BCUT2D eigenvalue weighted by Gasteiger charge is -2.17. The van der Waals surface area contributed by atoms with Crippen molar-refractivity contribution < 1.29 is 9.47 Å². The lowest BCUT2D eigenvalue weighted by molar-refractivity contribution is 0.0430. The number of methoxy groups -OCH3 is 2. The zero-order chi connectivity index (χ0) is 12.2. The first kappa shape index (κ1) is 16.3. The molecule has 0 aromatic carbocycles. The summed E-state index contributed by atoms with van der Waals surface area (Å²) >= 11 is 2.00. The molecule has 0 aliphatic heterocycles. The van der Waals surface area contributed by atoms with Crippen molar-refractivity contribution in [3.8, 4) is 0 Å². The van der Waals surface area contributed by atoms with Crippen molar-refractivity contribution in [2.45, 2.75) is 45.6 Å². The van der Waals surface area contributed by atoms with Crippen LogP contribution in [0, 0.1) is 5.92 Å². The Hall–Kier alpha value is 0.270. The third kappa shape index (κ3) is 8.43. The van der Waals surface area contributed by atoms with Crippen LogP contribution in [0.5, 0.6) is 0 Å². The maximum atomic E-state index is 5.34. The molecule has 2 nitrogen and oxygen atoms in total. The Kier molecular flexibility index (Phi) is 11.9. The van der Waals surface area contributed by atoms with Gasteiger partial charge < -0.3 is 9.47 Å². The first-order valence-electron chi connectivity index (χ1n) is 6.37. The molecule has 3 heteroatoms. The van der Waals surface area contributed by atoms with Crippen molar-refractivity contribution in [1.82, 2.24) is 0 Å².